The van der Waals surface area contributed by atoms with Crippen molar-refractivity contribution in [3.8, 4) is 11.5 Å². The molecule has 2 N–H and O–H groups in total. The fourth-order valence-electron chi connectivity index (χ4n) is 2.62. The molecular weight excluding hydrogens is 340 g/mol. The number of ether oxygens (including phenoxy) is 3. The molecule has 1 aliphatic heterocycles. The molecule has 136 valence electrons. The molecule has 0 saturated carbocycles. The van der Waals surface area contributed by atoms with E-state index in [0.29, 0.717) is 41.1 Å². The number of carbonyl (C=O) groups is 1. The predicted molar refractivity (Wildman–Crippen MR) is 99.7 cm³/mol. The number of nitrogens with one attached hydrogen (secondary N) is 2. The van der Waals surface area contributed by atoms with Crippen LogP contribution in [0.4, 0.5) is 0 Å². The molecule has 0 bridgehead atoms. The molecule has 7 heteroatoms. The van der Waals surface area contributed by atoms with Gasteiger partial charge in [-0.1, -0.05) is 13.0 Å². The minimum atomic E-state index is -0.415. The van der Waals surface area contributed by atoms with Crippen molar-refractivity contribution in [3.05, 3.63) is 35.0 Å². The number of rotatable bonds is 7. The first kappa shape index (κ1) is 19.1. The summed E-state index contributed by atoms with van der Waals surface area (Å²) in [6, 6.07) is 5.17. The van der Waals surface area contributed by atoms with E-state index in [-0.39, 0.29) is 5.97 Å². The Bertz CT molecular complexity index is 688. The van der Waals surface area contributed by atoms with Crippen molar-refractivity contribution in [2.24, 2.45) is 0 Å². The van der Waals surface area contributed by atoms with Crippen LogP contribution in [0.1, 0.15) is 38.8 Å². The van der Waals surface area contributed by atoms with Gasteiger partial charge in [-0.05, 0) is 50.2 Å². The summed E-state index contributed by atoms with van der Waals surface area (Å²) >= 11 is 5.24. The van der Waals surface area contributed by atoms with Crippen molar-refractivity contribution in [2.75, 3.05) is 20.3 Å². The summed E-state index contributed by atoms with van der Waals surface area (Å²) in [5.74, 6) is 0.902. The summed E-state index contributed by atoms with van der Waals surface area (Å²) in [5.41, 5.74) is 2.02. The number of hydrogen-bond donors (Lipinski definition) is 2. The maximum atomic E-state index is 12.4. The number of allylic oxidation sites excluding steroid dienone is 1. The van der Waals surface area contributed by atoms with Crippen LogP contribution in [0.5, 0.6) is 11.5 Å². The first-order valence-corrected chi connectivity index (χ1v) is 8.68. The van der Waals surface area contributed by atoms with E-state index >= 15 is 0 Å². The van der Waals surface area contributed by atoms with E-state index < -0.39 is 6.04 Å². The molecule has 6 nitrogen and oxygen atoms in total. The highest BCUT2D eigenvalue weighted by Crippen LogP contribution is 2.34. The van der Waals surface area contributed by atoms with E-state index in [1.54, 1.807) is 14.0 Å². The molecule has 1 aromatic rings. The van der Waals surface area contributed by atoms with E-state index in [9.17, 15) is 4.79 Å². The van der Waals surface area contributed by atoms with E-state index in [1.807, 2.05) is 32.0 Å². The monoisotopic (exact) mass is 364 g/mol. The van der Waals surface area contributed by atoms with Crippen LogP contribution in [0.3, 0.4) is 0 Å². The number of carbonyl (C=O) groups excluding carboxylic acids is 1. The predicted octanol–water partition coefficient (Wildman–Crippen LogP) is 2.84. The van der Waals surface area contributed by atoms with Gasteiger partial charge in [-0.3, -0.25) is 0 Å². The molecule has 0 fully saturated rings. The van der Waals surface area contributed by atoms with Crippen LogP contribution in [0.25, 0.3) is 0 Å². The summed E-state index contributed by atoms with van der Waals surface area (Å²) < 4.78 is 16.3. The fourth-order valence-corrected chi connectivity index (χ4v) is 2.89. The van der Waals surface area contributed by atoms with Crippen LogP contribution in [-0.2, 0) is 9.53 Å². The van der Waals surface area contributed by atoms with Crippen LogP contribution in [0, 0.1) is 0 Å². The zero-order chi connectivity index (χ0) is 18.4. The second-order valence-corrected chi connectivity index (χ2v) is 5.96. The van der Waals surface area contributed by atoms with Crippen LogP contribution >= 0.6 is 12.2 Å². The third kappa shape index (κ3) is 4.42. The first-order valence-electron chi connectivity index (χ1n) is 8.27. The first-order chi connectivity index (χ1) is 12.0. The summed E-state index contributed by atoms with van der Waals surface area (Å²) in [5, 5.41) is 6.57. The van der Waals surface area contributed by atoms with Crippen LogP contribution in [-0.4, -0.2) is 31.4 Å². The van der Waals surface area contributed by atoms with Crippen molar-refractivity contribution >= 4 is 23.3 Å². The lowest BCUT2D eigenvalue weighted by Crippen LogP contribution is -2.45. The van der Waals surface area contributed by atoms with Gasteiger partial charge in [-0.15, -0.1) is 0 Å². The van der Waals surface area contributed by atoms with Gasteiger partial charge in [0.15, 0.2) is 16.6 Å². The number of benzene rings is 1. The molecule has 0 unspecified atom stereocenters. The second-order valence-electron chi connectivity index (χ2n) is 5.55. The Balaban J connectivity index is 2.41. The van der Waals surface area contributed by atoms with Crippen molar-refractivity contribution in [3.63, 3.8) is 0 Å². The molecular formula is C18H24N2O4S. The Kier molecular flexibility index (Phi) is 6.64. The molecule has 0 amide bonds. The average molecular weight is 364 g/mol. The molecule has 1 atom stereocenters. The third-order valence-electron chi connectivity index (χ3n) is 3.75. The summed E-state index contributed by atoms with van der Waals surface area (Å²) in [6.45, 7) is 6.54. The Morgan fingerprint density at radius 2 is 2.04 bits per heavy atom. The van der Waals surface area contributed by atoms with Gasteiger partial charge >= 0.3 is 5.97 Å². The van der Waals surface area contributed by atoms with Gasteiger partial charge in [-0.25, -0.2) is 4.79 Å². The topological polar surface area (TPSA) is 68.8 Å². The van der Waals surface area contributed by atoms with Gasteiger partial charge in [0.05, 0.1) is 31.9 Å². The number of thiocarbonyl (C=S) groups is 1. The zero-order valence-electron chi connectivity index (χ0n) is 15.0. The number of hydrogen-bond acceptors (Lipinski definition) is 5. The van der Waals surface area contributed by atoms with Gasteiger partial charge in [-0.2, -0.15) is 0 Å². The second kappa shape index (κ2) is 8.71. The quantitative estimate of drug-likeness (QED) is 0.569. The van der Waals surface area contributed by atoms with Crippen LogP contribution in [0.2, 0.25) is 0 Å². The number of methoxy groups -OCH3 is 1. The van der Waals surface area contributed by atoms with E-state index in [2.05, 4.69) is 10.6 Å². The average Bonchev–Trinajstić information content (AvgIpc) is 2.59. The van der Waals surface area contributed by atoms with E-state index in [4.69, 9.17) is 26.4 Å². The maximum Gasteiger partial charge on any atom is 0.338 e. The lowest BCUT2D eigenvalue weighted by atomic mass is 9.95. The standard InChI is InChI=1S/C18H24N2O4S/c1-5-9-24-13-8-7-12(10-14(13)22-4)16-15(17(21)23-6-2)11(3)19-18(25)20-16/h7-8,10,16H,5-6,9H2,1-4H3,(H2,19,20,25)/t16-/m0/s1. The third-order valence-corrected chi connectivity index (χ3v) is 3.97. The highest BCUT2D eigenvalue weighted by atomic mass is 32.1. The molecule has 1 aliphatic rings. The molecule has 0 spiro atoms. The summed E-state index contributed by atoms with van der Waals surface area (Å²) in [7, 11) is 1.59. The molecule has 0 aromatic heterocycles. The Morgan fingerprint density at radius 1 is 1.28 bits per heavy atom. The molecule has 1 heterocycles. The van der Waals surface area contributed by atoms with E-state index in [0.717, 1.165) is 12.0 Å². The molecule has 0 saturated heterocycles. The Labute approximate surface area is 153 Å². The molecule has 0 radical (unpaired) electrons. The minimum Gasteiger partial charge on any atom is -0.493 e. The molecule has 25 heavy (non-hydrogen) atoms. The van der Waals surface area contributed by atoms with Gasteiger partial charge in [0.25, 0.3) is 0 Å². The van der Waals surface area contributed by atoms with Crippen molar-refractivity contribution in [2.45, 2.75) is 33.2 Å². The molecule has 2 rings (SSSR count). The van der Waals surface area contributed by atoms with Gasteiger partial charge < -0.3 is 24.8 Å². The van der Waals surface area contributed by atoms with E-state index in [1.165, 1.54) is 0 Å². The van der Waals surface area contributed by atoms with Gasteiger partial charge in [0, 0.05) is 5.70 Å². The highest BCUT2D eigenvalue weighted by molar-refractivity contribution is 7.80. The zero-order valence-corrected chi connectivity index (χ0v) is 15.8. The number of esters is 1. The smallest absolute Gasteiger partial charge is 0.338 e. The Morgan fingerprint density at radius 3 is 2.68 bits per heavy atom. The lowest BCUT2D eigenvalue weighted by molar-refractivity contribution is -0.139. The maximum absolute atomic E-state index is 12.4. The fraction of sp³-hybridized carbons (Fsp3) is 0.444. The van der Waals surface area contributed by atoms with Crippen molar-refractivity contribution in [1.29, 1.82) is 0 Å². The van der Waals surface area contributed by atoms with Crippen LogP contribution < -0.4 is 20.1 Å². The van der Waals surface area contributed by atoms with Crippen molar-refractivity contribution < 1.29 is 19.0 Å². The Hall–Kier alpha value is -2.28. The SMILES string of the molecule is CCCOc1ccc([C@@H]2NC(=S)NC(C)=C2C(=O)OCC)cc1OC. The summed E-state index contributed by atoms with van der Waals surface area (Å²) in [4.78, 5) is 12.4. The lowest BCUT2D eigenvalue weighted by Gasteiger charge is -2.30. The highest BCUT2D eigenvalue weighted by Gasteiger charge is 2.31. The van der Waals surface area contributed by atoms with Crippen molar-refractivity contribution in [1.82, 2.24) is 10.6 Å². The summed E-state index contributed by atoms with van der Waals surface area (Å²) in [6.07, 6.45) is 0.907. The minimum absolute atomic E-state index is 0.305. The van der Waals surface area contributed by atoms with Crippen LogP contribution in [0.15, 0.2) is 29.5 Å². The molecule has 1 aromatic carbocycles. The normalized spacial score (nSPS) is 16.8. The van der Waals surface area contributed by atoms with Gasteiger partial charge in [0.1, 0.15) is 0 Å². The largest absolute Gasteiger partial charge is 0.493 e. The van der Waals surface area contributed by atoms with Gasteiger partial charge in [0.2, 0.25) is 0 Å². The molecule has 0 aliphatic carbocycles.